The van der Waals surface area contributed by atoms with Gasteiger partial charge in [0.2, 0.25) is 0 Å². The zero-order valence-electron chi connectivity index (χ0n) is 13.5. The molecule has 1 aliphatic rings. The van der Waals surface area contributed by atoms with Crippen LogP contribution in [0.4, 0.5) is 0 Å². The lowest BCUT2D eigenvalue weighted by Crippen LogP contribution is -2.22. The first kappa shape index (κ1) is 16.0. The lowest BCUT2D eigenvalue weighted by molar-refractivity contribution is 0.196. The number of nitrogens with one attached hydrogen (secondary N) is 1. The largest absolute Gasteiger partial charge is 0.491 e. The van der Waals surface area contributed by atoms with Crippen LogP contribution in [0.3, 0.4) is 0 Å². The van der Waals surface area contributed by atoms with E-state index >= 15 is 0 Å². The maximum atomic E-state index is 6.07. The second-order valence-electron chi connectivity index (χ2n) is 6.50. The predicted molar refractivity (Wildman–Crippen MR) is 87.3 cm³/mol. The van der Waals surface area contributed by atoms with E-state index in [4.69, 9.17) is 4.74 Å². The third kappa shape index (κ3) is 5.16. The Morgan fingerprint density at radius 3 is 2.90 bits per heavy atom. The summed E-state index contributed by atoms with van der Waals surface area (Å²) in [6.45, 7) is 9.40. The van der Waals surface area contributed by atoms with Gasteiger partial charge in [-0.15, -0.1) is 0 Å². The molecule has 0 bridgehead atoms. The molecule has 0 amide bonds. The van der Waals surface area contributed by atoms with E-state index in [1.165, 1.54) is 12.0 Å². The first-order chi connectivity index (χ1) is 10.2. The Kier molecular flexibility index (Phi) is 6.24. The van der Waals surface area contributed by atoms with Crippen molar-refractivity contribution < 1.29 is 4.74 Å². The van der Waals surface area contributed by atoms with Crippen LogP contribution in [0.5, 0.6) is 5.75 Å². The number of allylic oxidation sites excluding steroid dienone is 2. The average Bonchev–Trinajstić information content (AvgIpc) is 2.47. The van der Waals surface area contributed by atoms with Crippen LogP contribution in [0, 0.1) is 17.8 Å². The summed E-state index contributed by atoms with van der Waals surface area (Å²) >= 11 is 0. The van der Waals surface area contributed by atoms with Crippen molar-refractivity contribution in [3.8, 4) is 5.75 Å². The van der Waals surface area contributed by atoms with Crippen molar-refractivity contribution in [1.82, 2.24) is 10.3 Å². The van der Waals surface area contributed by atoms with Gasteiger partial charge in [-0.1, -0.05) is 32.9 Å². The molecule has 0 radical (unpaired) electrons. The molecule has 116 valence electrons. The van der Waals surface area contributed by atoms with E-state index in [9.17, 15) is 0 Å². The van der Waals surface area contributed by atoms with Gasteiger partial charge < -0.3 is 10.1 Å². The van der Waals surface area contributed by atoms with Gasteiger partial charge in [-0.2, -0.15) is 0 Å². The Balaban J connectivity index is 1.88. The molecule has 1 aromatic heterocycles. The van der Waals surface area contributed by atoms with Gasteiger partial charge in [0, 0.05) is 18.3 Å². The van der Waals surface area contributed by atoms with E-state index in [2.05, 4.69) is 43.2 Å². The molecular weight excluding hydrogens is 260 g/mol. The minimum Gasteiger partial charge on any atom is -0.491 e. The monoisotopic (exact) mass is 288 g/mol. The van der Waals surface area contributed by atoms with Crippen molar-refractivity contribution in [1.29, 1.82) is 0 Å². The van der Waals surface area contributed by atoms with E-state index in [0.717, 1.165) is 31.9 Å². The maximum absolute atomic E-state index is 6.07. The van der Waals surface area contributed by atoms with Crippen molar-refractivity contribution in [2.75, 3.05) is 13.2 Å². The first-order valence-electron chi connectivity index (χ1n) is 8.08. The molecule has 1 aromatic rings. The Bertz CT molecular complexity index is 456. The zero-order valence-corrected chi connectivity index (χ0v) is 13.5. The van der Waals surface area contributed by atoms with Gasteiger partial charge >= 0.3 is 0 Å². The Morgan fingerprint density at radius 1 is 1.33 bits per heavy atom. The average molecular weight is 288 g/mol. The van der Waals surface area contributed by atoms with Crippen LogP contribution in [0.15, 0.2) is 30.6 Å². The summed E-state index contributed by atoms with van der Waals surface area (Å²) in [5.74, 6) is 2.91. The quantitative estimate of drug-likeness (QED) is 0.775. The fourth-order valence-electron chi connectivity index (χ4n) is 2.62. The first-order valence-corrected chi connectivity index (χ1v) is 8.08. The van der Waals surface area contributed by atoms with Crippen LogP contribution < -0.4 is 10.1 Å². The van der Waals surface area contributed by atoms with Gasteiger partial charge in [0.15, 0.2) is 0 Å². The minimum absolute atomic E-state index is 0.617. The molecule has 2 atom stereocenters. The molecule has 2 unspecified atom stereocenters. The predicted octanol–water partition coefficient (Wildman–Crippen LogP) is 3.81. The molecule has 21 heavy (non-hydrogen) atoms. The molecule has 2 rings (SSSR count). The molecule has 0 spiro atoms. The summed E-state index contributed by atoms with van der Waals surface area (Å²) in [7, 11) is 0. The highest BCUT2D eigenvalue weighted by Gasteiger charge is 2.19. The van der Waals surface area contributed by atoms with Crippen molar-refractivity contribution in [3.63, 3.8) is 0 Å². The number of hydrogen-bond donors (Lipinski definition) is 1. The zero-order chi connectivity index (χ0) is 15.1. The standard InChI is InChI=1S/C18H28N2O/c1-14(2)10-20-11-16-8-9-19-12-18(16)21-13-17-7-5-4-6-15(17)3/h4-5,8-9,12,14-15,17,20H,6-7,10-11,13H2,1-3H3. The van der Waals surface area contributed by atoms with Gasteiger partial charge in [-0.3, -0.25) is 4.98 Å². The van der Waals surface area contributed by atoms with E-state index in [-0.39, 0.29) is 0 Å². The molecule has 1 heterocycles. The van der Waals surface area contributed by atoms with E-state index in [1.54, 1.807) is 0 Å². The third-order valence-corrected chi connectivity index (χ3v) is 4.11. The molecule has 0 aliphatic heterocycles. The third-order valence-electron chi connectivity index (χ3n) is 4.11. The van der Waals surface area contributed by atoms with Crippen LogP contribution in [-0.2, 0) is 6.54 Å². The number of rotatable bonds is 7. The van der Waals surface area contributed by atoms with Gasteiger partial charge in [0.25, 0.3) is 0 Å². The molecular formula is C18H28N2O. The van der Waals surface area contributed by atoms with E-state index < -0.39 is 0 Å². The van der Waals surface area contributed by atoms with Crippen LogP contribution in [0.25, 0.3) is 0 Å². The lowest BCUT2D eigenvalue weighted by atomic mass is 9.85. The van der Waals surface area contributed by atoms with E-state index in [1.807, 2.05) is 18.5 Å². The van der Waals surface area contributed by atoms with Crippen LogP contribution in [0.1, 0.15) is 39.2 Å². The van der Waals surface area contributed by atoms with Gasteiger partial charge in [0.05, 0.1) is 12.8 Å². The molecule has 1 aliphatic carbocycles. The second-order valence-corrected chi connectivity index (χ2v) is 6.50. The highest BCUT2D eigenvalue weighted by Crippen LogP contribution is 2.26. The summed E-state index contributed by atoms with van der Waals surface area (Å²) in [6, 6.07) is 2.05. The Labute approximate surface area is 128 Å². The number of aromatic nitrogens is 1. The van der Waals surface area contributed by atoms with Crippen LogP contribution >= 0.6 is 0 Å². The molecule has 1 N–H and O–H groups in total. The molecule has 0 saturated heterocycles. The summed E-state index contributed by atoms with van der Waals surface area (Å²) in [4.78, 5) is 4.20. The minimum atomic E-state index is 0.617. The van der Waals surface area contributed by atoms with Crippen LogP contribution in [-0.4, -0.2) is 18.1 Å². The highest BCUT2D eigenvalue weighted by molar-refractivity contribution is 5.29. The van der Waals surface area contributed by atoms with E-state index in [0.29, 0.717) is 17.8 Å². The van der Waals surface area contributed by atoms with Crippen molar-refractivity contribution in [3.05, 3.63) is 36.2 Å². The fourth-order valence-corrected chi connectivity index (χ4v) is 2.62. The smallest absolute Gasteiger partial charge is 0.142 e. The van der Waals surface area contributed by atoms with Crippen molar-refractivity contribution in [2.24, 2.45) is 17.8 Å². The van der Waals surface area contributed by atoms with Gasteiger partial charge in [-0.25, -0.2) is 0 Å². The van der Waals surface area contributed by atoms with Crippen molar-refractivity contribution >= 4 is 0 Å². The topological polar surface area (TPSA) is 34.2 Å². The molecule has 3 heteroatoms. The molecule has 0 fully saturated rings. The molecule has 0 aromatic carbocycles. The molecule has 0 saturated carbocycles. The number of pyridine rings is 1. The summed E-state index contributed by atoms with van der Waals surface area (Å²) < 4.78 is 6.07. The second kappa shape index (κ2) is 8.18. The normalized spacial score (nSPS) is 21.7. The van der Waals surface area contributed by atoms with Crippen LogP contribution in [0.2, 0.25) is 0 Å². The number of nitrogens with zero attached hydrogens (tertiary/aromatic N) is 1. The Hall–Kier alpha value is -1.35. The van der Waals surface area contributed by atoms with Crippen molar-refractivity contribution in [2.45, 2.75) is 40.2 Å². The summed E-state index contributed by atoms with van der Waals surface area (Å²) in [5, 5.41) is 3.47. The fraction of sp³-hybridized carbons (Fsp3) is 0.611. The summed E-state index contributed by atoms with van der Waals surface area (Å²) in [6.07, 6.45) is 10.5. The number of ether oxygens (including phenoxy) is 1. The summed E-state index contributed by atoms with van der Waals surface area (Å²) in [5.41, 5.74) is 1.20. The lowest BCUT2D eigenvalue weighted by Gasteiger charge is -2.25. The Morgan fingerprint density at radius 2 is 2.14 bits per heavy atom. The van der Waals surface area contributed by atoms with Gasteiger partial charge in [0.1, 0.15) is 5.75 Å². The van der Waals surface area contributed by atoms with Gasteiger partial charge in [-0.05, 0) is 43.2 Å². The molecule has 3 nitrogen and oxygen atoms in total. The highest BCUT2D eigenvalue weighted by atomic mass is 16.5. The number of hydrogen-bond acceptors (Lipinski definition) is 3. The maximum Gasteiger partial charge on any atom is 0.142 e. The SMILES string of the molecule is CC(C)CNCc1ccncc1OCC1CC=CCC1C.